The fourth-order valence-electron chi connectivity index (χ4n) is 2.57. The van der Waals surface area contributed by atoms with E-state index < -0.39 is 12.3 Å². The summed E-state index contributed by atoms with van der Waals surface area (Å²) in [5.41, 5.74) is 0.828. The molecule has 1 aromatic carbocycles. The maximum absolute atomic E-state index is 13.8. The van der Waals surface area contributed by atoms with Crippen LogP contribution in [0, 0.1) is 6.92 Å². The van der Waals surface area contributed by atoms with Gasteiger partial charge < -0.3 is 4.74 Å². The molecule has 0 bridgehead atoms. The number of nitrogens with zero attached hydrogens (tertiary/aromatic N) is 3. The number of alkyl halides is 5. The van der Waals surface area contributed by atoms with Crippen LogP contribution in [0.5, 0.6) is 5.75 Å². The van der Waals surface area contributed by atoms with E-state index in [0.717, 1.165) is 19.1 Å². The topological polar surface area (TPSA) is 39.4 Å². The van der Waals surface area contributed by atoms with Gasteiger partial charge in [-0.3, -0.25) is 4.40 Å². The number of aromatic nitrogens is 3. The Labute approximate surface area is 138 Å². The van der Waals surface area contributed by atoms with Crippen LogP contribution in [0.3, 0.4) is 0 Å². The van der Waals surface area contributed by atoms with Crippen molar-refractivity contribution < 1.29 is 26.7 Å². The van der Waals surface area contributed by atoms with E-state index in [1.807, 2.05) is 0 Å². The standard InChI is InChI=1S/C16H12F5N3O/c1-9-13(15(2,17)18)24-8-11(7-22-14(24)23-9)10-3-5-12(6-4-10)25-16(19,20)21/h3-8H,1-2H3. The first-order valence-electron chi connectivity index (χ1n) is 7.14. The molecule has 2 aromatic heterocycles. The summed E-state index contributed by atoms with van der Waals surface area (Å²) in [6.45, 7) is 2.23. The number of halogens is 5. The lowest BCUT2D eigenvalue weighted by atomic mass is 10.1. The average Bonchev–Trinajstić information content (AvgIpc) is 2.81. The molecule has 3 rings (SSSR count). The van der Waals surface area contributed by atoms with Gasteiger partial charge in [-0.1, -0.05) is 12.1 Å². The van der Waals surface area contributed by atoms with Crippen molar-refractivity contribution in [1.29, 1.82) is 0 Å². The third-order valence-corrected chi connectivity index (χ3v) is 3.49. The van der Waals surface area contributed by atoms with Crippen LogP contribution in [0.1, 0.15) is 18.3 Å². The highest BCUT2D eigenvalue weighted by Crippen LogP contribution is 2.31. The molecule has 25 heavy (non-hydrogen) atoms. The van der Waals surface area contributed by atoms with Crippen molar-refractivity contribution >= 4 is 5.78 Å². The summed E-state index contributed by atoms with van der Waals surface area (Å²) in [6.07, 6.45) is -1.94. The Hall–Kier alpha value is -2.71. The van der Waals surface area contributed by atoms with Gasteiger partial charge in [0.25, 0.3) is 5.92 Å². The zero-order valence-corrected chi connectivity index (χ0v) is 13.1. The number of rotatable bonds is 3. The molecule has 0 atom stereocenters. The van der Waals surface area contributed by atoms with Crippen molar-refractivity contribution in [3.63, 3.8) is 0 Å². The molecule has 0 N–H and O–H groups in total. The maximum atomic E-state index is 13.8. The predicted molar refractivity (Wildman–Crippen MR) is 79.4 cm³/mol. The molecule has 3 aromatic rings. The van der Waals surface area contributed by atoms with Crippen LogP contribution in [-0.4, -0.2) is 20.7 Å². The van der Waals surface area contributed by atoms with Crippen LogP contribution in [0.4, 0.5) is 22.0 Å². The van der Waals surface area contributed by atoms with E-state index in [4.69, 9.17) is 0 Å². The molecule has 0 saturated carbocycles. The monoisotopic (exact) mass is 357 g/mol. The third kappa shape index (κ3) is 3.54. The van der Waals surface area contributed by atoms with E-state index in [0.29, 0.717) is 11.1 Å². The van der Waals surface area contributed by atoms with E-state index in [-0.39, 0.29) is 22.9 Å². The van der Waals surface area contributed by atoms with Crippen LogP contribution >= 0.6 is 0 Å². The fourth-order valence-corrected chi connectivity index (χ4v) is 2.57. The van der Waals surface area contributed by atoms with Crippen molar-refractivity contribution in [3.8, 4) is 16.9 Å². The molecular formula is C16H12F5N3O. The lowest BCUT2D eigenvalue weighted by Gasteiger charge is -2.12. The van der Waals surface area contributed by atoms with Gasteiger partial charge in [0.1, 0.15) is 11.4 Å². The van der Waals surface area contributed by atoms with Crippen LogP contribution in [0.2, 0.25) is 0 Å². The lowest BCUT2D eigenvalue weighted by molar-refractivity contribution is -0.274. The van der Waals surface area contributed by atoms with E-state index >= 15 is 0 Å². The zero-order valence-electron chi connectivity index (χ0n) is 13.1. The first kappa shape index (κ1) is 17.1. The van der Waals surface area contributed by atoms with E-state index in [1.165, 1.54) is 35.9 Å². The van der Waals surface area contributed by atoms with Crippen molar-refractivity contribution in [2.24, 2.45) is 0 Å². The summed E-state index contributed by atoms with van der Waals surface area (Å²) >= 11 is 0. The number of benzene rings is 1. The molecule has 0 unspecified atom stereocenters. The molecule has 0 aliphatic rings. The van der Waals surface area contributed by atoms with Crippen molar-refractivity contribution in [2.75, 3.05) is 0 Å². The molecule has 132 valence electrons. The molecule has 9 heteroatoms. The maximum Gasteiger partial charge on any atom is 0.573 e. The second-order valence-electron chi connectivity index (χ2n) is 5.52. The number of imidazole rings is 1. The minimum atomic E-state index is -4.78. The second-order valence-corrected chi connectivity index (χ2v) is 5.52. The Morgan fingerprint density at radius 3 is 2.20 bits per heavy atom. The largest absolute Gasteiger partial charge is 0.573 e. The van der Waals surface area contributed by atoms with Crippen LogP contribution in [0.25, 0.3) is 16.9 Å². The molecule has 0 aliphatic heterocycles. The number of hydrogen-bond donors (Lipinski definition) is 0. The highest BCUT2D eigenvalue weighted by molar-refractivity contribution is 5.63. The minimum absolute atomic E-state index is 0.120. The van der Waals surface area contributed by atoms with Crippen molar-refractivity contribution in [2.45, 2.75) is 26.1 Å². The molecule has 0 fully saturated rings. The van der Waals surface area contributed by atoms with Gasteiger partial charge >= 0.3 is 6.36 Å². The Balaban J connectivity index is 2.02. The minimum Gasteiger partial charge on any atom is -0.406 e. The first-order valence-corrected chi connectivity index (χ1v) is 7.14. The molecule has 0 spiro atoms. The number of fused-ring (bicyclic) bond motifs is 1. The molecule has 0 saturated heterocycles. The van der Waals surface area contributed by atoms with Crippen LogP contribution < -0.4 is 4.74 Å². The summed E-state index contributed by atoms with van der Waals surface area (Å²) < 4.78 is 69.2. The quantitative estimate of drug-likeness (QED) is 0.637. The smallest absolute Gasteiger partial charge is 0.406 e. The summed E-state index contributed by atoms with van der Waals surface area (Å²) in [5.74, 6) is -3.37. The number of hydrogen-bond acceptors (Lipinski definition) is 3. The molecule has 2 heterocycles. The van der Waals surface area contributed by atoms with Gasteiger partial charge in [0, 0.05) is 24.9 Å². The van der Waals surface area contributed by atoms with E-state index in [2.05, 4.69) is 14.7 Å². The van der Waals surface area contributed by atoms with Gasteiger partial charge in [-0.15, -0.1) is 13.2 Å². The highest BCUT2D eigenvalue weighted by atomic mass is 19.4. The summed E-state index contributed by atoms with van der Waals surface area (Å²) in [7, 11) is 0. The second kappa shape index (κ2) is 5.68. The third-order valence-electron chi connectivity index (χ3n) is 3.49. The van der Waals surface area contributed by atoms with Crippen LogP contribution in [0.15, 0.2) is 36.7 Å². The summed E-state index contributed by atoms with van der Waals surface area (Å²) in [5, 5.41) is 0. The van der Waals surface area contributed by atoms with Crippen molar-refractivity contribution in [1.82, 2.24) is 14.4 Å². The Kier molecular flexibility index (Phi) is 3.89. The summed E-state index contributed by atoms with van der Waals surface area (Å²) in [6, 6.07) is 5.05. The van der Waals surface area contributed by atoms with E-state index in [9.17, 15) is 22.0 Å². The SMILES string of the molecule is Cc1nc2ncc(-c3ccc(OC(F)(F)F)cc3)cn2c1C(C)(F)F. The zero-order chi connectivity index (χ0) is 18.4. The highest BCUT2D eigenvalue weighted by Gasteiger charge is 2.32. The Bertz CT molecular complexity index is 910. The summed E-state index contributed by atoms with van der Waals surface area (Å²) in [4.78, 5) is 8.04. The normalized spacial score (nSPS) is 12.6. The lowest BCUT2D eigenvalue weighted by Crippen LogP contribution is -2.16. The van der Waals surface area contributed by atoms with Gasteiger partial charge in [0.15, 0.2) is 0 Å². The molecular weight excluding hydrogens is 345 g/mol. The van der Waals surface area contributed by atoms with Gasteiger partial charge in [-0.25, -0.2) is 9.97 Å². The van der Waals surface area contributed by atoms with E-state index in [1.54, 1.807) is 0 Å². The Morgan fingerprint density at radius 1 is 1.00 bits per heavy atom. The average molecular weight is 357 g/mol. The van der Waals surface area contributed by atoms with Gasteiger partial charge in [0.05, 0.1) is 5.69 Å². The number of ether oxygens (including phenoxy) is 1. The molecule has 0 aliphatic carbocycles. The van der Waals surface area contributed by atoms with Crippen LogP contribution in [-0.2, 0) is 5.92 Å². The molecule has 4 nitrogen and oxygen atoms in total. The van der Waals surface area contributed by atoms with Gasteiger partial charge in [-0.2, -0.15) is 8.78 Å². The van der Waals surface area contributed by atoms with Gasteiger partial charge in [0.2, 0.25) is 5.78 Å². The predicted octanol–water partition coefficient (Wildman–Crippen LogP) is 4.72. The molecule has 0 amide bonds. The number of aryl methyl sites for hydroxylation is 1. The Morgan fingerprint density at radius 2 is 1.64 bits per heavy atom. The van der Waals surface area contributed by atoms with Crippen molar-refractivity contribution in [3.05, 3.63) is 48.0 Å². The van der Waals surface area contributed by atoms with Gasteiger partial charge in [-0.05, 0) is 24.6 Å². The molecule has 0 radical (unpaired) electrons. The fraction of sp³-hybridized carbons (Fsp3) is 0.250. The first-order chi connectivity index (χ1) is 11.5.